The molecule has 2 aromatic carbocycles. The molecule has 1 heterocycles. The molecular weight excluding hydrogens is 305 g/mol. The second kappa shape index (κ2) is 7.48. The molecular formula is C15H16FN3O2S. The van der Waals surface area contributed by atoms with Crippen LogP contribution in [0.3, 0.4) is 0 Å². The molecule has 0 unspecified atom stereocenters. The topological polar surface area (TPSA) is 99.1 Å². The molecule has 0 aliphatic heterocycles. The Labute approximate surface area is 128 Å². The molecule has 0 radical (unpaired) electrons. The number of nitrogens with two attached hydrogens (primary N) is 2. The number of halogens is 1. The number of benzene rings is 2. The van der Waals surface area contributed by atoms with E-state index in [1.807, 2.05) is 30.5 Å². The summed E-state index contributed by atoms with van der Waals surface area (Å²) in [6.45, 7) is 0. The van der Waals surface area contributed by atoms with Crippen LogP contribution in [0.4, 0.5) is 10.4 Å². The molecule has 4 N–H and O–H groups in total. The Morgan fingerprint density at radius 3 is 2.05 bits per heavy atom. The number of aromatic nitrogens is 1. The molecule has 0 aliphatic rings. The summed E-state index contributed by atoms with van der Waals surface area (Å²) >= 11 is 0. The summed E-state index contributed by atoms with van der Waals surface area (Å²) in [7, 11) is -3.58. The highest BCUT2D eigenvalue weighted by molar-refractivity contribution is 7.89. The quantitative estimate of drug-likeness (QED) is 0.672. The molecule has 22 heavy (non-hydrogen) atoms. The third-order valence-corrected chi connectivity index (χ3v) is 3.65. The van der Waals surface area contributed by atoms with Gasteiger partial charge in [0.1, 0.15) is 0 Å². The summed E-state index contributed by atoms with van der Waals surface area (Å²) in [5, 5.41) is 6.04. The van der Waals surface area contributed by atoms with E-state index < -0.39 is 10.0 Å². The van der Waals surface area contributed by atoms with Crippen LogP contribution in [-0.4, -0.2) is 13.4 Å². The van der Waals surface area contributed by atoms with Crippen molar-refractivity contribution in [2.24, 2.45) is 5.14 Å². The molecule has 0 aliphatic carbocycles. The van der Waals surface area contributed by atoms with Crippen molar-refractivity contribution in [2.75, 3.05) is 5.73 Å². The first-order valence-electron chi connectivity index (χ1n) is 6.15. The fraction of sp³-hybridized carbons (Fsp3) is 0. The van der Waals surface area contributed by atoms with E-state index >= 15 is 0 Å². The highest BCUT2D eigenvalue weighted by atomic mass is 32.2. The van der Waals surface area contributed by atoms with E-state index in [0.29, 0.717) is 5.69 Å². The number of pyridine rings is 1. The molecule has 0 atom stereocenters. The summed E-state index contributed by atoms with van der Waals surface area (Å²) in [5.41, 5.74) is 6.91. The molecule has 1 aromatic heterocycles. The van der Waals surface area contributed by atoms with Gasteiger partial charge in [-0.1, -0.05) is 24.3 Å². The molecule has 0 spiro atoms. The average Bonchev–Trinajstić information content (AvgIpc) is 2.47. The highest BCUT2D eigenvalue weighted by Crippen LogP contribution is 2.09. The maximum atomic E-state index is 10.7. The number of hydrogen-bond donors (Lipinski definition) is 2. The lowest BCUT2D eigenvalue weighted by Crippen LogP contribution is -2.11. The summed E-state index contributed by atoms with van der Waals surface area (Å²) in [4.78, 5) is 4.26. The van der Waals surface area contributed by atoms with Crippen LogP contribution < -0.4 is 10.9 Å². The normalized spacial score (nSPS) is 10.2. The van der Waals surface area contributed by atoms with Crippen LogP contribution in [0.1, 0.15) is 0 Å². The lowest BCUT2D eigenvalue weighted by molar-refractivity contribution is 0.598. The number of rotatable bonds is 1. The smallest absolute Gasteiger partial charge is 0.238 e. The Morgan fingerprint density at radius 2 is 1.45 bits per heavy atom. The number of sulfonamides is 1. The van der Waals surface area contributed by atoms with E-state index in [0.717, 1.165) is 5.52 Å². The second-order valence-corrected chi connectivity index (χ2v) is 5.87. The van der Waals surface area contributed by atoms with Crippen molar-refractivity contribution in [2.45, 2.75) is 4.90 Å². The third kappa shape index (κ3) is 4.80. The monoisotopic (exact) mass is 321 g/mol. The van der Waals surface area contributed by atoms with Crippen molar-refractivity contribution in [3.63, 3.8) is 0 Å². The van der Waals surface area contributed by atoms with Crippen LogP contribution in [0.2, 0.25) is 0 Å². The number of para-hydroxylation sites is 1. The van der Waals surface area contributed by atoms with Gasteiger partial charge in [0.05, 0.1) is 10.4 Å². The van der Waals surface area contributed by atoms with E-state index in [-0.39, 0.29) is 9.60 Å². The SMILES string of the molecule is F.Nc1ccc(S(N)(=O)=O)cc1.c1ccc2ncccc2c1. The lowest BCUT2D eigenvalue weighted by Gasteiger charge is -1.96. The molecule has 5 nitrogen and oxygen atoms in total. The number of nitrogen functional groups attached to an aromatic ring is 1. The van der Waals surface area contributed by atoms with Gasteiger partial charge in [0.2, 0.25) is 10.0 Å². The zero-order chi connectivity index (χ0) is 15.3. The molecule has 0 saturated carbocycles. The first kappa shape index (κ1) is 17.5. The average molecular weight is 321 g/mol. The van der Waals surface area contributed by atoms with E-state index in [9.17, 15) is 8.42 Å². The third-order valence-electron chi connectivity index (χ3n) is 2.72. The van der Waals surface area contributed by atoms with Gasteiger partial charge in [-0.05, 0) is 36.4 Å². The predicted molar refractivity (Wildman–Crippen MR) is 86.5 cm³/mol. The Bertz CT molecular complexity index is 771. The van der Waals surface area contributed by atoms with Crippen molar-refractivity contribution in [1.29, 1.82) is 0 Å². The van der Waals surface area contributed by atoms with Crippen LogP contribution in [0.15, 0.2) is 71.8 Å². The molecule has 0 fully saturated rings. The Kier molecular flexibility index (Phi) is 5.97. The standard InChI is InChI=1S/C9H7N.C6H8N2O2S.FH/c1-2-6-9-8(4-1)5-3-7-10-9;7-5-1-3-6(4-2-5)11(8,9)10;/h1-7H;1-4H,7H2,(H2,8,9,10);1H. The van der Waals surface area contributed by atoms with Crippen molar-refractivity contribution < 1.29 is 13.1 Å². The Hall–Kier alpha value is -2.51. The molecule has 0 saturated heterocycles. The number of hydrogen-bond acceptors (Lipinski definition) is 4. The first-order valence-corrected chi connectivity index (χ1v) is 7.69. The van der Waals surface area contributed by atoms with Gasteiger partial charge in [-0.2, -0.15) is 0 Å². The summed E-state index contributed by atoms with van der Waals surface area (Å²) < 4.78 is 21.4. The number of primary sulfonamides is 1. The lowest BCUT2D eigenvalue weighted by atomic mass is 10.2. The van der Waals surface area contributed by atoms with Gasteiger partial charge in [-0.15, -0.1) is 0 Å². The maximum Gasteiger partial charge on any atom is 0.238 e. The molecule has 0 bridgehead atoms. The first-order chi connectivity index (χ1) is 9.97. The van der Waals surface area contributed by atoms with E-state index in [2.05, 4.69) is 17.1 Å². The zero-order valence-corrected chi connectivity index (χ0v) is 12.4. The molecule has 0 amide bonds. The van der Waals surface area contributed by atoms with Crippen LogP contribution in [0.25, 0.3) is 10.9 Å². The minimum Gasteiger partial charge on any atom is -0.399 e. The van der Waals surface area contributed by atoms with Crippen LogP contribution in [-0.2, 0) is 10.0 Å². The molecule has 3 rings (SSSR count). The van der Waals surface area contributed by atoms with Crippen molar-refractivity contribution in [1.82, 2.24) is 4.98 Å². The highest BCUT2D eigenvalue weighted by Gasteiger charge is 2.04. The summed E-state index contributed by atoms with van der Waals surface area (Å²) in [6, 6.07) is 17.8. The summed E-state index contributed by atoms with van der Waals surface area (Å²) in [5.74, 6) is 0. The largest absolute Gasteiger partial charge is 0.399 e. The van der Waals surface area contributed by atoms with E-state index in [1.165, 1.54) is 29.7 Å². The van der Waals surface area contributed by atoms with E-state index in [1.54, 1.807) is 0 Å². The Morgan fingerprint density at radius 1 is 0.864 bits per heavy atom. The predicted octanol–water partition coefficient (Wildman–Crippen LogP) is 2.30. The van der Waals surface area contributed by atoms with E-state index in [4.69, 9.17) is 10.9 Å². The number of anilines is 1. The van der Waals surface area contributed by atoms with Gasteiger partial charge in [0.25, 0.3) is 0 Å². The van der Waals surface area contributed by atoms with Crippen molar-refractivity contribution in [3.05, 3.63) is 66.9 Å². The minimum atomic E-state index is -3.58. The van der Waals surface area contributed by atoms with Crippen molar-refractivity contribution in [3.8, 4) is 0 Å². The van der Waals surface area contributed by atoms with Gasteiger partial charge in [0.15, 0.2) is 0 Å². The molecule has 3 aromatic rings. The van der Waals surface area contributed by atoms with Crippen LogP contribution >= 0.6 is 0 Å². The van der Waals surface area contributed by atoms with Gasteiger partial charge < -0.3 is 5.73 Å². The summed E-state index contributed by atoms with van der Waals surface area (Å²) in [6.07, 6.45) is 1.81. The maximum absolute atomic E-state index is 10.7. The van der Waals surface area contributed by atoms with Gasteiger partial charge in [0, 0.05) is 17.3 Å². The van der Waals surface area contributed by atoms with Crippen LogP contribution in [0.5, 0.6) is 0 Å². The fourth-order valence-corrected chi connectivity index (χ4v) is 2.19. The number of nitrogens with zero attached hydrogens (tertiary/aromatic N) is 1. The minimum absolute atomic E-state index is 0. The molecule has 7 heteroatoms. The van der Waals surface area contributed by atoms with Gasteiger partial charge >= 0.3 is 0 Å². The van der Waals surface area contributed by atoms with Crippen LogP contribution in [0, 0.1) is 0 Å². The number of fused-ring (bicyclic) bond motifs is 1. The van der Waals surface area contributed by atoms with Gasteiger partial charge in [-0.3, -0.25) is 9.69 Å². The second-order valence-electron chi connectivity index (χ2n) is 4.31. The van der Waals surface area contributed by atoms with Crippen molar-refractivity contribution >= 4 is 26.6 Å². The fourth-order valence-electron chi connectivity index (χ4n) is 1.67. The zero-order valence-electron chi connectivity index (χ0n) is 11.6. The Balaban J connectivity index is 0.000000211. The molecule has 116 valence electrons. The van der Waals surface area contributed by atoms with Gasteiger partial charge in [-0.25, -0.2) is 13.6 Å².